The van der Waals surface area contributed by atoms with Crippen molar-refractivity contribution in [2.45, 2.75) is 19.6 Å². The summed E-state index contributed by atoms with van der Waals surface area (Å²) in [5, 5.41) is 15.4. The summed E-state index contributed by atoms with van der Waals surface area (Å²) in [6.07, 6.45) is 2.03. The molecular formula is C29H32N4O2S. The molecule has 0 N–H and O–H groups in total. The number of ether oxygens (including phenoxy) is 1. The molecule has 3 aromatic rings. The van der Waals surface area contributed by atoms with E-state index in [2.05, 4.69) is 60.0 Å². The molecule has 5 rings (SSSR count). The Hall–Kier alpha value is -3.29. The predicted octanol–water partition coefficient (Wildman–Crippen LogP) is 4.98. The number of rotatable bonds is 4. The van der Waals surface area contributed by atoms with Crippen LogP contribution in [0.25, 0.3) is 0 Å². The normalized spacial score (nSPS) is 20.8. The van der Waals surface area contributed by atoms with Gasteiger partial charge in [0.25, 0.3) is 0 Å². The van der Waals surface area contributed by atoms with Crippen LogP contribution >= 0.6 is 11.8 Å². The highest BCUT2D eigenvalue weighted by Crippen LogP contribution is 2.41. The van der Waals surface area contributed by atoms with Gasteiger partial charge in [-0.3, -0.25) is 4.90 Å². The van der Waals surface area contributed by atoms with Crippen LogP contribution in [-0.4, -0.2) is 59.6 Å². The number of aryl methyl sites for hydroxylation is 2. The molecule has 2 aliphatic rings. The zero-order valence-corrected chi connectivity index (χ0v) is 21.9. The number of hydrogen-bond acceptors (Lipinski definition) is 5. The van der Waals surface area contributed by atoms with Crippen LogP contribution in [0.2, 0.25) is 0 Å². The van der Waals surface area contributed by atoms with E-state index in [-0.39, 0.29) is 0 Å². The predicted molar refractivity (Wildman–Crippen MR) is 149 cm³/mol. The lowest BCUT2D eigenvalue weighted by molar-refractivity contribution is -0.547. The fourth-order valence-corrected chi connectivity index (χ4v) is 5.47. The van der Waals surface area contributed by atoms with Crippen molar-refractivity contribution in [3.05, 3.63) is 106 Å². The highest BCUT2D eigenvalue weighted by Gasteiger charge is 2.55. The van der Waals surface area contributed by atoms with Crippen LogP contribution in [-0.2, 0) is 10.5 Å². The number of amidine groups is 1. The summed E-state index contributed by atoms with van der Waals surface area (Å²) in [5.41, 5.74) is 5.74. The van der Waals surface area contributed by atoms with Crippen LogP contribution in [0.15, 0.2) is 83.9 Å². The second-order valence-corrected chi connectivity index (χ2v) is 10.0. The Balaban J connectivity index is 1.76. The molecule has 6 nitrogen and oxygen atoms in total. The molecule has 3 aromatic carbocycles. The van der Waals surface area contributed by atoms with Gasteiger partial charge in [-0.05, 0) is 56.5 Å². The lowest BCUT2D eigenvalue weighted by Crippen LogP contribution is -2.49. The number of benzene rings is 3. The Morgan fingerprint density at radius 3 is 2.14 bits per heavy atom. The van der Waals surface area contributed by atoms with Gasteiger partial charge in [-0.2, -0.15) is 9.73 Å². The molecule has 0 aliphatic carbocycles. The highest BCUT2D eigenvalue weighted by molar-refractivity contribution is 8.13. The number of anilines is 1. The highest BCUT2D eigenvalue weighted by atomic mass is 32.2. The first-order chi connectivity index (χ1) is 17.5. The number of morpholine rings is 1. The maximum absolute atomic E-state index is 14.6. The minimum atomic E-state index is -1.28. The van der Waals surface area contributed by atoms with Gasteiger partial charge >= 0.3 is 5.79 Å². The molecule has 0 bridgehead atoms. The Kier molecular flexibility index (Phi) is 7.03. The van der Waals surface area contributed by atoms with Crippen molar-refractivity contribution in [2.75, 3.05) is 44.0 Å². The molecule has 0 spiro atoms. The van der Waals surface area contributed by atoms with Gasteiger partial charge in [0.1, 0.15) is 6.54 Å². The van der Waals surface area contributed by atoms with E-state index in [9.17, 15) is 5.21 Å². The average molecular weight is 501 g/mol. The molecule has 36 heavy (non-hydrogen) atoms. The number of thioether (sulfide) groups is 1. The van der Waals surface area contributed by atoms with E-state index < -0.39 is 5.79 Å². The summed E-state index contributed by atoms with van der Waals surface area (Å²) in [6, 6.07) is 26.5. The second kappa shape index (κ2) is 10.4. The summed E-state index contributed by atoms with van der Waals surface area (Å²) in [6.45, 7) is 7.39. The zero-order valence-electron chi connectivity index (χ0n) is 21.1. The monoisotopic (exact) mass is 500 g/mol. The molecule has 0 amide bonds. The van der Waals surface area contributed by atoms with Crippen molar-refractivity contribution < 1.29 is 9.48 Å². The zero-order chi connectivity index (χ0) is 25.1. The van der Waals surface area contributed by atoms with E-state index in [0.29, 0.717) is 25.5 Å². The van der Waals surface area contributed by atoms with Crippen LogP contribution in [0.5, 0.6) is 0 Å². The molecule has 1 saturated heterocycles. The minimum absolute atomic E-state index is 0.443. The lowest BCUT2D eigenvalue weighted by Gasteiger charge is -2.36. The van der Waals surface area contributed by atoms with E-state index in [1.165, 1.54) is 5.56 Å². The molecule has 2 aliphatic heterocycles. The molecule has 1 atom stereocenters. The summed E-state index contributed by atoms with van der Waals surface area (Å²) < 4.78 is 6.72. The van der Waals surface area contributed by atoms with Gasteiger partial charge in [-0.25, -0.2) is 0 Å². The van der Waals surface area contributed by atoms with Gasteiger partial charge in [0.15, 0.2) is 5.17 Å². The Morgan fingerprint density at radius 2 is 1.53 bits per heavy atom. The smallest absolute Gasteiger partial charge is 0.379 e. The SMILES string of the molecule is CS/C(=N/C1(c2ccccc2)N(c2ccc(C)cc2)CC(c2ccc(C)cc2)=[N+]1[O-])N1CCOCC1. The van der Waals surface area contributed by atoms with Crippen LogP contribution in [0.1, 0.15) is 22.3 Å². The maximum atomic E-state index is 14.6. The molecule has 1 unspecified atom stereocenters. The summed E-state index contributed by atoms with van der Waals surface area (Å²) in [4.78, 5) is 9.71. The number of hydrogen-bond donors (Lipinski definition) is 0. The topological polar surface area (TPSA) is 54.1 Å². The quantitative estimate of drug-likeness (QED) is 0.219. The van der Waals surface area contributed by atoms with E-state index in [4.69, 9.17) is 9.73 Å². The minimum Gasteiger partial charge on any atom is -0.620 e. The van der Waals surface area contributed by atoms with Crippen LogP contribution in [0.3, 0.4) is 0 Å². The van der Waals surface area contributed by atoms with Crippen LogP contribution in [0.4, 0.5) is 5.69 Å². The summed E-state index contributed by atoms with van der Waals surface area (Å²) >= 11 is 1.58. The Bertz CT molecular complexity index is 1250. The second-order valence-electron chi connectivity index (χ2n) is 9.23. The van der Waals surface area contributed by atoms with Gasteiger partial charge < -0.3 is 14.8 Å². The molecule has 0 saturated carbocycles. The van der Waals surface area contributed by atoms with Crippen molar-refractivity contribution in [2.24, 2.45) is 4.99 Å². The van der Waals surface area contributed by atoms with Gasteiger partial charge in [0, 0.05) is 24.3 Å². The first-order valence-electron chi connectivity index (χ1n) is 12.3. The average Bonchev–Trinajstić information content (AvgIpc) is 3.22. The first-order valence-corrected chi connectivity index (χ1v) is 13.5. The largest absolute Gasteiger partial charge is 0.620 e. The van der Waals surface area contributed by atoms with E-state index in [1.807, 2.05) is 48.7 Å². The van der Waals surface area contributed by atoms with Gasteiger partial charge in [-0.15, -0.1) is 0 Å². The summed E-state index contributed by atoms with van der Waals surface area (Å²) in [5.74, 6) is -1.28. The molecule has 1 fully saturated rings. The standard InChI is InChI=1S/C29H32N4O2S/c1-22-9-13-24(14-10-22)27-21-32(26-15-11-23(2)12-16-26)29(33(27)34,25-7-5-4-6-8-25)30-28(36-3)31-17-19-35-20-18-31/h4-16H,17-21H2,1-3H3/b30-28+. The molecule has 7 heteroatoms. The number of nitrogens with zero attached hydrogens (tertiary/aromatic N) is 4. The molecule has 0 aromatic heterocycles. The first kappa shape index (κ1) is 24.4. The Morgan fingerprint density at radius 1 is 0.917 bits per heavy atom. The number of aliphatic imine (C=N–C) groups is 1. The third-order valence-electron chi connectivity index (χ3n) is 6.82. The van der Waals surface area contributed by atoms with Gasteiger partial charge in [-0.1, -0.05) is 65.4 Å². The molecule has 2 heterocycles. The van der Waals surface area contributed by atoms with Crippen molar-refractivity contribution in [3.63, 3.8) is 0 Å². The lowest BCUT2D eigenvalue weighted by atomic mass is 10.1. The summed E-state index contributed by atoms with van der Waals surface area (Å²) in [7, 11) is 0. The molecular weight excluding hydrogens is 468 g/mol. The third kappa shape index (κ3) is 4.49. The molecule has 186 valence electrons. The van der Waals surface area contributed by atoms with Crippen molar-refractivity contribution >= 4 is 28.3 Å². The van der Waals surface area contributed by atoms with Crippen LogP contribution < -0.4 is 4.90 Å². The van der Waals surface area contributed by atoms with Gasteiger partial charge in [0.05, 0.1) is 18.8 Å². The van der Waals surface area contributed by atoms with Crippen molar-refractivity contribution in [1.29, 1.82) is 0 Å². The van der Waals surface area contributed by atoms with E-state index in [1.54, 1.807) is 11.8 Å². The van der Waals surface area contributed by atoms with E-state index >= 15 is 0 Å². The fraction of sp³-hybridized carbons (Fsp3) is 0.310. The molecule has 0 radical (unpaired) electrons. The Labute approximate surface area is 217 Å². The maximum Gasteiger partial charge on any atom is 0.379 e. The van der Waals surface area contributed by atoms with Gasteiger partial charge in [0.2, 0.25) is 5.71 Å². The van der Waals surface area contributed by atoms with E-state index in [0.717, 1.165) is 45.4 Å². The van der Waals surface area contributed by atoms with Crippen LogP contribution in [0, 0.1) is 19.1 Å². The fourth-order valence-electron chi connectivity index (χ4n) is 4.81. The number of hydroxylamine groups is 1. The van der Waals surface area contributed by atoms with Crippen molar-refractivity contribution in [3.8, 4) is 0 Å². The van der Waals surface area contributed by atoms with Crippen molar-refractivity contribution in [1.82, 2.24) is 4.90 Å². The third-order valence-corrected chi connectivity index (χ3v) is 7.53.